The first-order chi connectivity index (χ1) is 9.33. The van der Waals surface area contributed by atoms with Crippen LogP contribution in [0.15, 0.2) is 12.1 Å². The summed E-state index contributed by atoms with van der Waals surface area (Å²) in [4.78, 5) is 6.79. The maximum atomic E-state index is 5.93. The Morgan fingerprint density at radius 1 is 1.32 bits per heavy atom. The van der Waals surface area contributed by atoms with Gasteiger partial charge in [0.25, 0.3) is 0 Å². The molecular formula is C14H21N3O2. The molecule has 0 spiro atoms. The quantitative estimate of drug-likeness (QED) is 0.895. The zero-order valence-corrected chi connectivity index (χ0v) is 11.2. The van der Waals surface area contributed by atoms with Gasteiger partial charge in [-0.2, -0.15) is 4.98 Å². The van der Waals surface area contributed by atoms with Crippen molar-refractivity contribution in [2.24, 2.45) is 5.92 Å². The molecule has 1 aliphatic heterocycles. The minimum atomic E-state index is 0.578. The second-order valence-corrected chi connectivity index (χ2v) is 5.27. The number of nitrogen functional groups attached to an aromatic ring is 1. The standard InChI is InChI=1S/C14H21N3O2/c15-12-4-5-13(17-6-1-8-18-9-7-17)16-14(12)19-10-11-2-3-11/h4-5,11H,1-3,6-10,15H2. The zero-order valence-electron chi connectivity index (χ0n) is 11.2. The Kier molecular flexibility index (Phi) is 3.73. The summed E-state index contributed by atoms with van der Waals surface area (Å²) in [6, 6.07) is 3.85. The van der Waals surface area contributed by atoms with Gasteiger partial charge in [-0.1, -0.05) is 0 Å². The Labute approximate surface area is 113 Å². The van der Waals surface area contributed by atoms with Crippen LogP contribution in [-0.2, 0) is 4.74 Å². The molecule has 0 aromatic carbocycles. The van der Waals surface area contributed by atoms with Gasteiger partial charge >= 0.3 is 0 Å². The van der Waals surface area contributed by atoms with E-state index in [1.54, 1.807) is 0 Å². The Morgan fingerprint density at radius 2 is 2.21 bits per heavy atom. The first-order valence-electron chi connectivity index (χ1n) is 7.05. The molecule has 0 amide bonds. The number of hydrogen-bond donors (Lipinski definition) is 1. The number of hydrogen-bond acceptors (Lipinski definition) is 5. The lowest BCUT2D eigenvalue weighted by Crippen LogP contribution is -2.27. The van der Waals surface area contributed by atoms with Crippen LogP contribution in [0.1, 0.15) is 19.3 Å². The summed E-state index contributed by atoms with van der Waals surface area (Å²) in [5, 5.41) is 0. The van der Waals surface area contributed by atoms with Crippen LogP contribution in [0.2, 0.25) is 0 Å². The van der Waals surface area contributed by atoms with Gasteiger partial charge < -0.3 is 20.1 Å². The van der Waals surface area contributed by atoms with Crippen molar-refractivity contribution in [1.29, 1.82) is 0 Å². The Morgan fingerprint density at radius 3 is 3.05 bits per heavy atom. The molecule has 0 bridgehead atoms. The topological polar surface area (TPSA) is 60.6 Å². The van der Waals surface area contributed by atoms with Crippen molar-refractivity contribution < 1.29 is 9.47 Å². The molecule has 2 N–H and O–H groups in total. The fourth-order valence-corrected chi connectivity index (χ4v) is 2.19. The maximum absolute atomic E-state index is 5.93. The van der Waals surface area contributed by atoms with E-state index in [9.17, 15) is 0 Å². The fraction of sp³-hybridized carbons (Fsp3) is 0.643. The Hall–Kier alpha value is -1.49. The van der Waals surface area contributed by atoms with Crippen molar-refractivity contribution in [3.63, 3.8) is 0 Å². The number of rotatable bonds is 4. The SMILES string of the molecule is Nc1ccc(N2CCCOCC2)nc1OCC1CC1. The van der Waals surface area contributed by atoms with E-state index < -0.39 is 0 Å². The van der Waals surface area contributed by atoms with E-state index in [0.717, 1.165) is 45.1 Å². The predicted molar refractivity (Wildman–Crippen MR) is 74.5 cm³/mol. The van der Waals surface area contributed by atoms with Crippen LogP contribution in [-0.4, -0.2) is 37.9 Å². The van der Waals surface area contributed by atoms with Crippen molar-refractivity contribution in [3.8, 4) is 5.88 Å². The number of ether oxygens (including phenoxy) is 2. The van der Waals surface area contributed by atoms with Gasteiger partial charge in [0.1, 0.15) is 5.82 Å². The van der Waals surface area contributed by atoms with Crippen LogP contribution in [0, 0.1) is 5.92 Å². The number of nitrogens with zero attached hydrogens (tertiary/aromatic N) is 2. The van der Waals surface area contributed by atoms with Crippen molar-refractivity contribution in [1.82, 2.24) is 4.98 Å². The molecule has 5 nitrogen and oxygen atoms in total. The normalized spacial score (nSPS) is 20.1. The highest BCUT2D eigenvalue weighted by Crippen LogP contribution is 2.31. The van der Waals surface area contributed by atoms with Gasteiger partial charge in [-0.15, -0.1) is 0 Å². The van der Waals surface area contributed by atoms with Gasteiger partial charge in [0, 0.05) is 19.7 Å². The first-order valence-corrected chi connectivity index (χ1v) is 7.05. The summed E-state index contributed by atoms with van der Waals surface area (Å²) in [5.41, 5.74) is 6.55. The predicted octanol–water partition coefficient (Wildman–Crippen LogP) is 1.68. The van der Waals surface area contributed by atoms with Crippen LogP contribution in [0.3, 0.4) is 0 Å². The van der Waals surface area contributed by atoms with E-state index in [2.05, 4.69) is 9.88 Å². The van der Waals surface area contributed by atoms with Gasteiger partial charge in [0.2, 0.25) is 5.88 Å². The Bertz CT molecular complexity index is 427. The van der Waals surface area contributed by atoms with Gasteiger partial charge in [-0.3, -0.25) is 0 Å². The van der Waals surface area contributed by atoms with Crippen LogP contribution >= 0.6 is 0 Å². The second kappa shape index (κ2) is 5.65. The van der Waals surface area contributed by atoms with Crippen LogP contribution < -0.4 is 15.4 Å². The number of aromatic nitrogens is 1. The molecule has 2 heterocycles. The molecule has 19 heavy (non-hydrogen) atoms. The second-order valence-electron chi connectivity index (χ2n) is 5.27. The summed E-state index contributed by atoms with van der Waals surface area (Å²) in [5.74, 6) is 2.22. The molecule has 104 valence electrons. The zero-order chi connectivity index (χ0) is 13.1. The molecule has 2 aliphatic rings. The number of anilines is 2. The lowest BCUT2D eigenvalue weighted by molar-refractivity contribution is 0.152. The van der Waals surface area contributed by atoms with Gasteiger partial charge in [-0.25, -0.2) is 0 Å². The van der Waals surface area contributed by atoms with Gasteiger partial charge in [0.05, 0.1) is 18.9 Å². The molecule has 0 radical (unpaired) electrons. The largest absolute Gasteiger partial charge is 0.476 e. The molecule has 1 aromatic heterocycles. The highest BCUT2D eigenvalue weighted by atomic mass is 16.5. The van der Waals surface area contributed by atoms with E-state index in [4.69, 9.17) is 15.2 Å². The highest BCUT2D eigenvalue weighted by molar-refractivity contribution is 5.54. The third-order valence-electron chi connectivity index (χ3n) is 3.57. The summed E-state index contributed by atoms with van der Waals surface area (Å²) in [6.45, 7) is 4.17. The van der Waals surface area contributed by atoms with Gasteiger partial charge in [0.15, 0.2) is 0 Å². The molecule has 1 saturated heterocycles. The van der Waals surface area contributed by atoms with E-state index in [0.29, 0.717) is 17.5 Å². The molecule has 0 unspecified atom stereocenters. The van der Waals surface area contributed by atoms with E-state index in [-0.39, 0.29) is 0 Å². The molecule has 2 fully saturated rings. The summed E-state index contributed by atoms with van der Waals surface area (Å²) >= 11 is 0. The fourth-order valence-electron chi connectivity index (χ4n) is 2.19. The van der Waals surface area contributed by atoms with Crippen LogP contribution in [0.5, 0.6) is 5.88 Å². The van der Waals surface area contributed by atoms with Crippen LogP contribution in [0.25, 0.3) is 0 Å². The van der Waals surface area contributed by atoms with Gasteiger partial charge in [-0.05, 0) is 37.3 Å². The molecule has 0 atom stereocenters. The smallest absolute Gasteiger partial charge is 0.239 e. The summed E-state index contributed by atoms with van der Waals surface area (Å²) in [7, 11) is 0. The molecule has 1 aromatic rings. The molecule has 3 rings (SSSR count). The van der Waals surface area contributed by atoms with Crippen molar-refractivity contribution in [2.45, 2.75) is 19.3 Å². The third kappa shape index (κ3) is 3.29. The van der Waals surface area contributed by atoms with E-state index >= 15 is 0 Å². The lowest BCUT2D eigenvalue weighted by atomic mass is 10.3. The van der Waals surface area contributed by atoms with E-state index in [1.165, 1.54) is 12.8 Å². The molecule has 5 heteroatoms. The summed E-state index contributed by atoms with van der Waals surface area (Å²) in [6.07, 6.45) is 3.57. The number of nitrogens with two attached hydrogens (primary N) is 1. The van der Waals surface area contributed by atoms with Crippen molar-refractivity contribution >= 4 is 11.5 Å². The first kappa shape index (κ1) is 12.5. The third-order valence-corrected chi connectivity index (χ3v) is 3.57. The lowest BCUT2D eigenvalue weighted by Gasteiger charge is -2.21. The highest BCUT2D eigenvalue weighted by Gasteiger charge is 2.23. The van der Waals surface area contributed by atoms with E-state index in [1.807, 2.05) is 12.1 Å². The minimum Gasteiger partial charge on any atom is -0.476 e. The Balaban J connectivity index is 1.70. The maximum Gasteiger partial charge on any atom is 0.239 e. The number of pyridine rings is 1. The van der Waals surface area contributed by atoms with Crippen molar-refractivity contribution in [2.75, 3.05) is 43.5 Å². The average molecular weight is 263 g/mol. The average Bonchev–Trinajstić information content (AvgIpc) is 3.25. The summed E-state index contributed by atoms with van der Waals surface area (Å²) < 4.78 is 11.2. The van der Waals surface area contributed by atoms with Crippen molar-refractivity contribution in [3.05, 3.63) is 12.1 Å². The van der Waals surface area contributed by atoms with Crippen LogP contribution in [0.4, 0.5) is 11.5 Å². The molecular weight excluding hydrogens is 242 g/mol. The monoisotopic (exact) mass is 263 g/mol. The minimum absolute atomic E-state index is 0.578. The molecule has 1 saturated carbocycles. The molecule has 1 aliphatic carbocycles.